The fourth-order valence-corrected chi connectivity index (χ4v) is 1.42. The maximum absolute atomic E-state index is 11.4. The molecule has 6 nitrogen and oxygen atoms in total. The van der Waals surface area contributed by atoms with Gasteiger partial charge in [-0.1, -0.05) is 13.8 Å². The molecule has 0 aromatic heterocycles. The van der Waals surface area contributed by atoms with Crippen molar-refractivity contribution in [1.82, 2.24) is 16.0 Å². The Morgan fingerprint density at radius 1 is 1.00 bits per heavy atom. The van der Waals surface area contributed by atoms with Crippen molar-refractivity contribution < 1.29 is 14.3 Å². The summed E-state index contributed by atoms with van der Waals surface area (Å²) in [5.41, 5.74) is 0. The van der Waals surface area contributed by atoms with Gasteiger partial charge in [0.1, 0.15) is 0 Å². The molecule has 0 bridgehead atoms. The van der Waals surface area contributed by atoms with Crippen molar-refractivity contribution in [2.75, 3.05) is 33.4 Å². The van der Waals surface area contributed by atoms with Crippen LogP contribution < -0.4 is 16.0 Å². The molecule has 0 aromatic carbocycles. The molecule has 0 aliphatic carbocycles. The Balaban J connectivity index is 3.39. The first-order valence-corrected chi connectivity index (χ1v) is 6.82. The van der Waals surface area contributed by atoms with E-state index in [9.17, 15) is 9.59 Å². The molecule has 0 aliphatic heterocycles. The summed E-state index contributed by atoms with van der Waals surface area (Å²) in [6.07, 6.45) is 1.61. The van der Waals surface area contributed by atoms with Gasteiger partial charge in [0.2, 0.25) is 11.8 Å². The molecule has 0 atom stereocenters. The Morgan fingerprint density at radius 2 is 1.63 bits per heavy atom. The first-order chi connectivity index (χ1) is 9.06. The SMILES string of the molecule is COCCNC(=O)CCNC(=O)CCCNC(C)C. The summed E-state index contributed by atoms with van der Waals surface area (Å²) in [6.45, 7) is 6.37. The molecule has 6 heteroatoms. The van der Waals surface area contributed by atoms with E-state index in [1.54, 1.807) is 7.11 Å². The molecule has 112 valence electrons. The highest BCUT2D eigenvalue weighted by atomic mass is 16.5. The van der Waals surface area contributed by atoms with Crippen molar-refractivity contribution in [3.63, 3.8) is 0 Å². The highest BCUT2D eigenvalue weighted by Gasteiger charge is 2.03. The molecule has 0 spiro atoms. The van der Waals surface area contributed by atoms with Crippen LogP contribution >= 0.6 is 0 Å². The van der Waals surface area contributed by atoms with Gasteiger partial charge in [-0.25, -0.2) is 0 Å². The first kappa shape index (κ1) is 17.9. The molecule has 0 aliphatic rings. The van der Waals surface area contributed by atoms with Crippen molar-refractivity contribution in [1.29, 1.82) is 0 Å². The lowest BCUT2D eigenvalue weighted by Crippen LogP contribution is -2.32. The molecule has 0 unspecified atom stereocenters. The lowest BCUT2D eigenvalue weighted by Gasteiger charge is -2.08. The predicted octanol–water partition coefficient (Wildman–Crippen LogP) is 0.0335. The lowest BCUT2D eigenvalue weighted by atomic mass is 10.2. The van der Waals surface area contributed by atoms with Crippen LogP contribution in [0.1, 0.15) is 33.1 Å². The van der Waals surface area contributed by atoms with E-state index in [0.29, 0.717) is 38.6 Å². The number of rotatable bonds is 11. The van der Waals surface area contributed by atoms with E-state index in [2.05, 4.69) is 29.8 Å². The third-order valence-corrected chi connectivity index (χ3v) is 2.44. The Bertz CT molecular complexity index is 258. The molecule has 3 N–H and O–H groups in total. The number of methoxy groups -OCH3 is 1. The van der Waals surface area contributed by atoms with Gasteiger partial charge in [0.05, 0.1) is 6.61 Å². The van der Waals surface area contributed by atoms with E-state index < -0.39 is 0 Å². The smallest absolute Gasteiger partial charge is 0.221 e. The number of hydrogen-bond donors (Lipinski definition) is 3. The minimum atomic E-state index is -0.0705. The van der Waals surface area contributed by atoms with Crippen LogP contribution in [0.3, 0.4) is 0 Å². The maximum Gasteiger partial charge on any atom is 0.221 e. The number of ether oxygens (including phenoxy) is 1. The zero-order chi connectivity index (χ0) is 14.5. The van der Waals surface area contributed by atoms with Gasteiger partial charge in [-0.15, -0.1) is 0 Å². The molecule has 0 aromatic rings. The van der Waals surface area contributed by atoms with Gasteiger partial charge in [0.15, 0.2) is 0 Å². The van der Waals surface area contributed by atoms with Gasteiger partial charge in [-0.05, 0) is 13.0 Å². The third kappa shape index (κ3) is 13.1. The molecular formula is C13H27N3O3. The monoisotopic (exact) mass is 273 g/mol. The van der Waals surface area contributed by atoms with E-state index in [4.69, 9.17) is 4.74 Å². The molecule has 0 saturated carbocycles. The fourth-order valence-electron chi connectivity index (χ4n) is 1.42. The number of amides is 2. The van der Waals surface area contributed by atoms with Crippen LogP contribution in [0, 0.1) is 0 Å². The Labute approximate surface area is 115 Å². The van der Waals surface area contributed by atoms with Crippen molar-refractivity contribution in [2.45, 2.75) is 39.2 Å². The van der Waals surface area contributed by atoms with Crippen molar-refractivity contribution in [3.8, 4) is 0 Å². The average Bonchev–Trinajstić information content (AvgIpc) is 2.35. The quantitative estimate of drug-likeness (QED) is 0.464. The second kappa shape index (κ2) is 11.9. The summed E-state index contributed by atoms with van der Waals surface area (Å²) in [5.74, 6) is -0.0749. The second-order valence-corrected chi connectivity index (χ2v) is 4.66. The maximum atomic E-state index is 11.4. The zero-order valence-corrected chi connectivity index (χ0v) is 12.3. The van der Waals surface area contributed by atoms with E-state index >= 15 is 0 Å². The van der Waals surface area contributed by atoms with Crippen molar-refractivity contribution in [3.05, 3.63) is 0 Å². The van der Waals surface area contributed by atoms with Crippen molar-refractivity contribution >= 4 is 11.8 Å². The largest absolute Gasteiger partial charge is 0.383 e. The Morgan fingerprint density at radius 3 is 2.26 bits per heavy atom. The van der Waals surface area contributed by atoms with E-state index in [-0.39, 0.29) is 11.8 Å². The molecule has 0 rings (SSSR count). The van der Waals surface area contributed by atoms with Crippen LogP contribution in [-0.2, 0) is 14.3 Å². The van der Waals surface area contributed by atoms with Crippen LogP contribution in [-0.4, -0.2) is 51.2 Å². The molecular weight excluding hydrogens is 246 g/mol. The van der Waals surface area contributed by atoms with E-state index in [1.165, 1.54) is 0 Å². The van der Waals surface area contributed by atoms with Crippen LogP contribution in [0.4, 0.5) is 0 Å². The normalized spacial score (nSPS) is 10.5. The average molecular weight is 273 g/mol. The predicted molar refractivity (Wildman–Crippen MR) is 74.9 cm³/mol. The summed E-state index contributed by atoms with van der Waals surface area (Å²) in [7, 11) is 1.58. The standard InChI is InChI=1S/C13H27N3O3/c1-11(2)14-7-4-5-12(17)15-8-6-13(18)16-9-10-19-3/h11,14H,4-10H2,1-3H3,(H,15,17)(H,16,18). The summed E-state index contributed by atoms with van der Waals surface area (Å²) >= 11 is 0. The number of nitrogens with one attached hydrogen (secondary N) is 3. The Hall–Kier alpha value is -1.14. The molecule has 0 heterocycles. The molecule has 0 radical (unpaired) electrons. The molecule has 2 amide bonds. The molecule has 0 saturated heterocycles. The van der Waals surface area contributed by atoms with Gasteiger partial charge in [0, 0.05) is 39.1 Å². The molecule has 19 heavy (non-hydrogen) atoms. The Kier molecular flexibility index (Phi) is 11.2. The fraction of sp³-hybridized carbons (Fsp3) is 0.846. The third-order valence-electron chi connectivity index (χ3n) is 2.44. The first-order valence-electron chi connectivity index (χ1n) is 6.82. The summed E-state index contributed by atoms with van der Waals surface area (Å²) in [4.78, 5) is 22.7. The molecule has 0 fully saturated rings. The number of carbonyl (C=O) groups excluding carboxylic acids is 2. The van der Waals surface area contributed by atoms with Gasteiger partial charge in [0.25, 0.3) is 0 Å². The van der Waals surface area contributed by atoms with Gasteiger partial charge >= 0.3 is 0 Å². The lowest BCUT2D eigenvalue weighted by molar-refractivity contribution is -0.122. The summed E-state index contributed by atoms with van der Waals surface area (Å²) < 4.78 is 4.82. The van der Waals surface area contributed by atoms with E-state index in [0.717, 1.165) is 13.0 Å². The van der Waals surface area contributed by atoms with Crippen LogP contribution in [0.15, 0.2) is 0 Å². The summed E-state index contributed by atoms with van der Waals surface area (Å²) in [6, 6.07) is 0.443. The second-order valence-electron chi connectivity index (χ2n) is 4.66. The topological polar surface area (TPSA) is 79.5 Å². The van der Waals surface area contributed by atoms with Crippen LogP contribution in [0.25, 0.3) is 0 Å². The number of carbonyl (C=O) groups is 2. The summed E-state index contributed by atoms with van der Waals surface area (Å²) in [5, 5.41) is 8.68. The minimum absolute atomic E-state index is 0.00440. The van der Waals surface area contributed by atoms with E-state index in [1.807, 2.05) is 0 Å². The van der Waals surface area contributed by atoms with Crippen molar-refractivity contribution in [2.24, 2.45) is 0 Å². The van der Waals surface area contributed by atoms with Gasteiger partial charge in [-0.2, -0.15) is 0 Å². The minimum Gasteiger partial charge on any atom is -0.383 e. The van der Waals surface area contributed by atoms with Crippen LogP contribution in [0.2, 0.25) is 0 Å². The zero-order valence-electron chi connectivity index (χ0n) is 12.3. The van der Waals surface area contributed by atoms with Gasteiger partial charge < -0.3 is 20.7 Å². The van der Waals surface area contributed by atoms with Gasteiger partial charge in [-0.3, -0.25) is 9.59 Å². The highest BCUT2D eigenvalue weighted by Crippen LogP contribution is 1.89. The highest BCUT2D eigenvalue weighted by molar-refractivity contribution is 5.78. The van der Waals surface area contributed by atoms with Crippen LogP contribution in [0.5, 0.6) is 0 Å². The number of hydrogen-bond acceptors (Lipinski definition) is 4.